The zero-order chi connectivity index (χ0) is 19.2. The molecule has 146 valence electrons. The van der Waals surface area contributed by atoms with Crippen LogP contribution in [0.1, 0.15) is 31.2 Å². The fourth-order valence-corrected chi connectivity index (χ4v) is 3.87. The van der Waals surface area contributed by atoms with E-state index in [1.165, 1.54) is 37.9 Å². The summed E-state index contributed by atoms with van der Waals surface area (Å²) in [6, 6.07) is 18.8. The number of nitrogens with zero attached hydrogens (tertiary/aromatic N) is 2. The average molecular weight is 394 g/mol. The van der Waals surface area contributed by atoms with E-state index in [1.54, 1.807) is 0 Å². The number of pyridine rings is 1. The van der Waals surface area contributed by atoms with Crippen LogP contribution in [0.4, 0.5) is 5.69 Å². The number of nitrogens with one attached hydrogen (secondary N) is 1. The molecule has 1 saturated carbocycles. The van der Waals surface area contributed by atoms with Gasteiger partial charge in [0.1, 0.15) is 0 Å². The number of aromatic nitrogens is 1. The molecule has 0 spiro atoms. The van der Waals surface area contributed by atoms with E-state index in [2.05, 4.69) is 45.5 Å². The minimum Gasteiger partial charge on any atom is -0.384 e. The van der Waals surface area contributed by atoms with E-state index in [0.717, 1.165) is 47.0 Å². The van der Waals surface area contributed by atoms with Gasteiger partial charge in [-0.25, -0.2) is 0 Å². The van der Waals surface area contributed by atoms with Crippen LogP contribution in [0.25, 0.3) is 10.9 Å². The molecule has 0 amide bonds. The predicted molar refractivity (Wildman–Crippen MR) is 119 cm³/mol. The van der Waals surface area contributed by atoms with Crippen LogP contribution >= 0.6 is 11.6 Å². The number of fused-ring (bicyclic) bond motifs is 1. The summed E-state index contributed by atoms with van der Waals surface area (Å²) >= 11 is 6.08. The Morgan fingerprint density at radius 3 is 2.71 bits per heavy atom. The molecule has 28 heavy (non-hydrogen) atoms. The van der Waals surface area contributed by atoms with Crippen LogP contribution in [-0.4, -0.2) is 29.5 Å². The van der Waals surface area contributed by atoms with Crippen molar-refractivity contribution < 1.29 is 0 Å². The highest BCUT2D eigenvalue weighted by atomic mass is 35.5. The lowest BCUT2D eigenvalue weighted by Crippen LogP contribution is -2.27. The van der Waals surface area contributed by atoms with Crippen LogP contribution in [-0.2, 0) is 6.54 Å². The lowest BCUT2D eigenvalue weighted by Gasteiger charge is -2.22. The van der Waals surface area contributed by atoms with Crippen molar-refractivity contribution in [1.82, 2.24) is 9.88 Å². The Morgan fingerprint density at radius 2 is 1.89 bits per heavy atom. The molecule has 1 N–H and O–H groups in total. The first kappa shape index (κ1) is 19.2. The summed E-state index contributed by atoms with van der Waals surface area (Å²) in [6.45, 7) is 4.46. The minimum atomic E-state index is 0.728. The number of halogens is 1. The van der Waals surface area contributed by atoms with E-state index < -0.39 is 0 Å². The highest BCUT2D eigenvalue weighted by Crippen LogP contribution is 2.30. The van der Waals surface area contributed by atoms with Gasteiger partial charge in [-0.1, -0.05) is 41.9 Å². The van der Waals surface area contributed by atoms with Gasteiger partial charge in [-0.2, -0.15) is 0 Å². The highest BCUT2D eigenvalue weighted by Gasteiger charge is 2.24. The number of hydrogen-bond donors (Lipinski definition) is 1. The van der Waals surface area contributed by atoms with Crippen molar-refractivity contribution in [2.45, 2.75) is 32.2 Å². The number of hydrogen-bond acceptors (Lipinski definition) is 3. The summed E-state index contributed by atoms with van der Waals surface area (Å²) in [6.07, 6.45) is 7.03. The maximum absolute atomic E-state index is 6.08. The second-order valence-corrected chi connectivity index (χ2v) is 8.25. The predicted octanol–water partition coefficient (Wildman–Crippen LogP) is 5.99. The third kappa shape index (κ3) is 5.46. The number of benzene rings is 2. The van der Waals surface area contributed by atoms with Gasteiger partial charge in [0.2, 0.25) is 0 Å². The number of rotatable bonds is 10. The number of anilines is 1. The monoisotopic (exact) mass is 393 g/mol. The zero-order valence-corrected chi connectivity index (χ0v) is 17.0. The Labute approximate surface area is 172 Å². The molecule has 4 heteroatoms. The Morgan fingerprint density at radius 1 is 1.04 bits per heavy atom. The molecule has 3 aromatic rings. The quantitative estimate of drug-likeness (QED) is 0.428. The molecule has 1 fully saturated rings. The van der Waals surface area contributed by atoms with Crippen molar-refractivity contribution in [3.05, 3.63) is 71.4 Å². The first-order chi connectivity index (χ1) is 13.8. The van der Waals surface area contributed by atoms with Gasteiger partial charge in [-0.15, -0.1) is 0 Å². The SMILES string of the molecule is Clc1ccc2c(NCCCCN(Cc3ccccc3)CC3CC3)ccnc2c1. The van der Waals surface area contributed by atoms with Crippen LogP contribution in [0.5, 0.6) is 0 Å². The molecular formula is C24H28ClN3. The first-order valence-electron chi connectivity index (χ1n) is 10.3. The van der Waals surface area contributed by atoms with Gasteiger partial charge < -0.3 is 5.32 Å². The van der Waals surface area contributed by atoms with Gasteiger partial charge in [-0.3, -0.25) is 9.88 Å². The van der Waals surface area contributed by atoms with E-state index in [9.17, 15) is 0 Å². The standard InChI is InChI=1S/C24H28ClN3/c25-21-10-11-22-23(12-14-27-24(22)16-21)26-13-4-5-15-28(18-20-8-9-20)17-19-6-2-1-3-7-19/h1-3,6-7,10-12,14,16,20H,4-5,8-9,13,15,17-18H2,(H,26,27). The normalized spacial score (nSPS) is 13.9. The van der Waals surface area contributed by atoms with E-state index in [0.29, 0.717) is 0 Å². The Bertz CT molecular complexity index is 893. The summed E-state index contributed by atoms with van der Waals surface area (Å²) < 4.78 is 0. The van der Waals surface area contributed by atoms with Crippen molar-refractivity contribution >= 4 is 28.2 Å². The summed E-state index contributed by atoms with van der Waals surface area (Å²) in [4.78, 5) is 7.05. The third-order valence-electron chi connectivity index (χ3n) is 5.38. The fourth-order valence-electron chi connectivity index (χ4n) is 3.70. The maximum atomic E-state index is 6.08. The van der Waals surface area contributed by atoms with Gasteiger partial charge in [-0.05, 0) is 68.0 Å². The van der Waals surface area contributed by atoms with Gasteiger partial charge in [0.15, 0.2) is 0 Å². The summed E-state index contributed by atoms with van der Waals surface area (Å²) in [5.41, 5.74) is 3.50. The van der Waals surface area contributed by atoms with E-state index >= 15 is 0 Å². The molecule has 1 aliphatic carbocycles. The smallest absolute Gasteiger partial charge is 0.0737 e. The van der Waals surface area contributed by atoms with Gasteiger partial charge in [0.25, 0.3) is 0 Å². The Kier molecular flexibility index (Phi) is 6.45. The molecule has 0 radical (unpaired) electrons. The molecule has 1 aliphatic rings. The van der Waals surface area contributed by atoms with Gasteiger partial charge >= 0.3 is 0 Å². The molecule has 4 rings (SSSR count). The molecule has 0 saturated heterocycles. The van der Waals surface area contributed by atoms with Crippen LogP contribution in [0, 0.1) is 5.92 Å². The number of unbranched alkanes of at least 4 members (excludes halogenated alkanes) is 1. The van der Waals surface area contributed by atoms with Gasteiger partial charge in [0, 0.05) is 41.9 Å². The topological polar surface area (TPSA) is 28.2 Å². The minimum absolute atomic E-state index is 0.728. The molecular weight excluding hydrogens is 366 g/mol. The fraction of sp³-hybridized carbons (Fsp3) is 0.375. The summed E-state index contributed by atoms with van der Waals surface area (Å²) in [5.74, 6) is 0.928. The molecule has 0 bridgehead atoms. The Balaban J connectivity index is 1.26. The largest absolute Gasteiger partial charge is 0.384 e. The molecule has 3 nitrogen and oxygen atoms in total. The molecule has 0 unspecified atom stereocenters. The van der Waals surface area contributed by atoms with Crippen LogP contribution in [0.15, 0.2) is 60.8 Å². The first-order valence-corrected chi connectivity index (χ1v) is 10.7. The molecule has 0 aliphatic heterocycles. The van der Waals surface area contributed by atoms with Crippen molar-refractivity contribution in [2.75, 3.05) is 25.0 Å². The highest BCUT2D eigenvalue weighted by molar-refractivity contribution is 6.31. The van der Waals surface area contributed by atoms with Crippen molar-refractivity contribution in [3.63, 3.8) is 0 Å². The van der Waals surface area contributed by atoms with Crippen LogP contribution in [0.3, 0.4) is 0 Å². The zero-order valence-electron chi connectivity index (χ0n) is 16.3. The molecule has 0 atom stereocenters. The third-order valence-corrected chi connectivity index (χ3v) is 5.62. The summed E-state index contributed by atoms with van der Waals surface area (Å²) in [5, 5.41) is 5.44. The Hall–Kier alpha value is -2.10. The van der Waals surface area contributed by atoms with Crippen LogP contribution in [0.2, 0.25) is 5.02 Å². The lowest BCUT2D eigenvalue weighted by molar-refractivity contribution is 0.250. The van der Waals surface area contributed by atoms with E-state index in [4.69, 9.17) is 11.6 Å². The second-order valence-electron chi connectivity index (χ2n) is 7.82. The second kappa shape index (κ2) is 9.40. The average Bonchev–Trinajstić information content (AvgIpc) is 3.52. The van der Waals surface area contributed by atoms with E-state index in [1.807, 2.05) is 30.5 Å². The van der Waals surface area contributed by atoms with E-state index in [-0.39, 0.29) is 0 Å². The summed E-state index contributed by atoms with van der Waals surface area (Å²) in [7, 11) is 0. The maximum Gasteiger partial charge on any atom is 0.0737 e. The van der Waals surface area contributed by atoms with Crippen molar-refractivity contribution in [1.29, 1.82) is 0 Å². The van der Waals surface area contributed by atoms with Crippen molar-refractivity contribution in [2.24, 2.45) is 5.92 Å². The molecule has 2 aromatic carbocycles. The van der Waals surface area contributed by atoms with Crippen LogP contribution < -0.4 is 5.32 Å². The van der Waals surface area contributed by atoms with Gasteiger partial charge in [0.05, 0.1) is 5.52 Å². The lowest BCUT2D eigenvalue weighted by atomic mass is 10.1. The molecule has 1 aromatic heterocycles. The molecule has 1 heterocycles. The van der Waals surface area contributed by atoms with Crippen molar-refractivity contribution in [3.8, 4) is 0 Å².